The van der Waals surface area contributed by atoms with Crippen LogP contribution >= 0.6 is 0 Å². The van der Waals surface area contributed by atoms with Crippen LogP contribution in [0.15, 0.2) is 30.3 Å². The van der Waals surface area contributed by atoms with Gasteiger partial charge in [0.2, 0.25) is 0 Å². The molecule has 1 heterocycles. The second kappa shape index (κ2) is 11.3. The Morgan fingerprint density at radius 3 is 2.33 bits per heavy atom. The zero-order valence-electron chi connectivity index (χ0n) is 15.2. The molecule has 1 aromatic carbocycles. The van der Waals surface area contributed by atoms with Crippen LogP contribution in [-0.4, -0.2) is 69.5 Å². The zero-order valence-corrected chi connectivity index (χ0v) is 15.2. The standard InChI is InChI=1S/C18H25NO5.CH2O2/c20-15-13-19(10-5-4-8-16(21)22)11-9-18(15,17(23)24)12-14-6-2-1-3-7-14;2-1-3/h1-3,6-7,15,20H,4-5,8-13H2,(H,21,22)(H,23,24);1H,(H,2,3)/t15-,18+;/m0./s1. The molecular formula is C19H27NO7. The van der Waals surface area contributed by atoms with Crippen molar-refractivity contribution in [3.63, 3.8) is 0 Å². The van der Waals surface area contributed by atoms with Crippen LogP contribution in [0, 0.1) is 5.41 Å². The normalized spacial score (nSPS) is 22.3. The Labute approximate surface area is 158 Å². The molecule has 8 heteroatoms. The fourth-order valence-electron chi connectivity index (χ4n) is 3.34. The predicted molar refractivity (Wildman–Crippen MR) is 97.5 cm³/mol. The van der Waals surface area contributed by atoms with Crippen molar-refractivity contribution in [1.29, 1.82) is 0 Å². The number of rotatable bonds is 8. The van der Waals surface area contributed by atoms with Crippen LogP contribution in [0.3, 0.4) is 0 Å². The first-order chi connectivity index (χ1) is 12.9. The molecule has 1 aliphatic rings. The van der Waals surface area contributed by atoms with Crippen molar-refractivity contribution < 1.29 is 34.8 Å². The Kier molecular flexibility index (Phi) is 9.46. The molecule has 0 unspecified atom stereocenters. The Hall–Kier alpha value is -2.45. The molecular weight excluding hydrogens is 354 g/mol. The van der Waals surface area contributed by atoms with Gasteiger partial charge in [-0.3, -0.25) is 14.4 Å². The van der Waals surface area contributed by atoms with Crippen molar-refractivity contribution in [2.24, 2.45) is 5.41 Å². The largest absolute Gasteiger partial charge is 0.483 e. The maximum Gasteiger partial charge on any atom is 0.312 e. The van der Waals surface area contributed by atoms with Gasteiger partial charge in [-0.15, -0.1) is 0 Å². The minimum absolute atomic E-state index is 0.142. The quantitative estimate of drug-likeness (QED) is 0.391. The summed E-state index contributed by atoms with van der Waals surface area (Å²) < 4.78 is 0. The first kappa shape index (κ1) is 22.6. The van der Waals surface area contributed by atoms with Crippen LogP contribution in [0.4, 0.5) is 0 Å². The van der Waals surface area contributed by atoms with Gasteiger partial charge in [-0.2, -0.15) is 0 Å². The van der Waals surface area contributed by atoms with Gasteiger partial charge in [0.15, 0.2) is 0 Å². The van der Waals surface area contributed by atoms with Crippen LogP contribution in [0.1, 0.15) is 31.2 Å². The summed E-state index contributed by atoms with van der Waals surface area (Å²) in [5, 5.41) is 35.8. The summed E-state index contributed by atoms with van der Waals surface area (Å²) in [5.41, 5.74) is -0.243. The number of piperidine rings is 1. The fraction of sp³-hybridized carbons (Fsp3) is 0.526. The van der Waals surface area contributed by atoms with Crippen molar-refractivity contribution >= 4 is 18.4 Å². The number of nitrogens with zero attached hydrogens (tertiary/aromatic N) is 1. The Balaban J connectivity index is 0.00000114. The SMILES string of the molecule is O=C(O)CCCCN1CC[C@](Cc2ccccc2)(C(=O)O)[C@@H](O)C1.O=CO. The minimum atomic E-state index is -1.15. The van der Waals surface area contributed by atoms with Crippen molar-refractivity contribution in [3.8, 4) is 0 Å². The molecule has 0 radical (unpaired) electrons. The fourth-order valence-corrected chi connectivity index (χ4v) is 3.34. The van der Waals surface area contributed by atoms with E-state index in [0.717, 1.165) is 12.0 Å². The van der Waals surface area contributed by atoms with E-state index in [1.165, 1.54) is 0 Å². The zero-order chi connectivity index (χ0) is 20.3. The maximum atomic E-state index is 11.9. The average molecular weight is 381 g/mol. The lowest BCUT2D eigenvalue weighted by Crippen LogP contribution is -2.55. The molecule has 0 amide bonds. The van der Waals surface area contributed by atoms with E-state index in [-0.39, 0.29) is 12.9 Å². The summed E-state index contributed by atoms with van der Waals surface area (Å²) in [4.78, 5) is 32.8. The predicted octanol–water partition coefficient (Wildman–Crippen LogP) is 1.32. The van der Waals surface area contributed by atoms with Gasteiger partial charge in [0, 0.05) is 13.0 Å². The van der Waals surface area contributed by atoms with E-state index < -0.39 is 23.5 Å². The smallest absolute Gasteiger partial charge is 0.312 e. The number of hydrogen-bond donors (Lipinski definition) is 4. The van der Waals surface area contributed by atoms with Gasteiger partial charge in [-0.25, -0.2) is 0 Å². The highest BCUT2D eigenvalue weighted by molar-refractivity contribution is 5.76. The molecule has 0 aromatic heterocycles. The molecule has 1 aliphatic heterocycles. The number of aliphatic carboxylic acids is 2. The first-order valence-corrected chi connectivity index (χ1v) is 8.83. The third-order valence-electron chi connectivity index (χ3n) is 4.85. The Morgan fingerprint density at radius 2 is 1.81 bits per heavy atom. The van der Waals surface area contributed by atoms with E-state index in [0.29, 0.717) is 38.9 Å². The Bertz CT molecular complexity index is 607. The van der Waals surface area contributed by atoms with Crippen molar-refractivity contribution in [2.75, 3.05) is 19.6 Å². The number of carboxylic acids is 2. The molecule has 8 nitrogen and oxygen atoms in total. The monoisotopic (exact) mass is 381 g/mol. The second-order valence-electron chi connectivity index (χ2n) is 6.65. The van der Waals surface area contributed by atoms with Crippen LogP contribution in [0.5, 0.6) is 0 Å². The summed E-state index contributed by atoms with van der Waals surface area (Å²) in [6.45, 7) is 1.35. The lowest BCUT2D eigenvalue weighted by molar-refractivity contribution is -0.163. The molecule has 0 spiro atoms. The summed E-state index contributed by atoms with van der Waals surface area (Å²) in [5.74, 6) is -1.76. The van der Waals surface area contributed by atoms with E-state index in [4.69, 9.17) is 15.0 Å². The van der Waals surface area contributed by atoms with Crippen molar-refractivity contribution in [2.45, 2.75) is 38.2 Å². The van der Waals surface area contributed by atoms with E-state index in [2.05, 4.69) is 0 Å². The lowest BCUT2D eigenvalue weighted by Gasteiger charge is -2.43. The van der Waals surface area contributed by atoms with E-state index in [1.54, 1.807) is 0 Å². The topological polar surface area (TPSA) is 135 Å². The molecule has 1 aromatic rings. The number of hydrogen-bond acceptors (Lipinski definition) is 5. The van der Waals surface area contributed by atoms with Gasteiger partial charge < -0.3 is 25.3 Å². The van der Waals surface area contributed by atoms with Crippen molar-refractivity contribution in [3.05, 3.63) is 35.9 Å². The summed E-state index contributed by atoms with van der Waals surface area (Å²) in [7, 11) is 0. The summed E-state index contributed by atoms with van der Waals surface area (Å²) in [6.07, 6.45) is 1.23. The summed E-state index contributed by atoms with van der Waals surface area (Å²) >= 11 is 0. The molecule has 1 saturated heterocycles. The second-order valence-corrected chi connectivity index (χ2v) is 6.65. The minimum Gasteiger partial charge on any atom is -0.483 e. The third kappa shape index (κ3) is 6.99. The third-order valence-corrected chi connectivity index (χ3v) is 4.85. The summed E-state index contributed by atoms with van der Waals surface area (Å²) in [6, 6.07) is 9.39. The van der Waals surface area contributed by atoms with Gasteiger partial charge in [0.05, 0.1) is 6.10 Å². The molecule has 27 heavy (non-hydrogen) atoms. The highest BCUT2D eigenvalue weighted by atomic mass is 16.4. The van der Waals surface area contributed by atoms with Crippen molar-refractivity contribution in [1.82, 2.24) is 4.90 Å². The van der Waals surface area contributed by atoms with Gasteiger partial charge in [0.25, 0.3) is 6.47 Å². The van der Waals surface area contributed by atoms with E-state index in [9.17, 15) is 19.8 Å². The Morgan fingerprint density at radius 1 is 1.19 bits per heavy atom. The molecule has 0 aliphatic carbocycles. The number of carbonyl (C=O) groups is 3. The van der Waals surface area contributed by atoms with Gasteiger partial charge in [-0.05, 0) is 44.3 Å². The molecule has 1 fully saturated rings. The molecule has 0 bridgehead atoms. The number of unbranched alkanes of at least 4 members (excludes halogenated alkanes) is 1. The van der Waals surface area contributed by atoms with Gasteiger partial charge in [-0.1, -0.05) is 30.3 Å². The molecule has 4 N–H and O–H groups in total. The van der Waals surface area contributed by atoms with Gasteiger partial charge in [0.1, 0.15) is 5.41 Å². The number of likely N-dealkylation sites (tertiary alicyclic amines) is 1. The highest BCUT2D eigenvalue weighted by Crippen LogP contribution is 2.36. The first-order valence-electron chi connectivity index (χ1n) is 8.83. The van der Waals surface area contributed by atoms with Gasteiger partial charge >= 0.3 is 11.9 Å². The van der Waals surface area contributed by atoms with E-state index >= 15 is 0 Å². The van der Waals surface area contributed by atoms with Crippen LogP contribution in [0.25, 0.3) is 0 Å². The van der Waals surface area contributed by atoms with Crippen LogP contribution < -0.4 is 0 Å². The molecule has 0 saturated carbocycles. The molecule has 2 atom stereocenters. The number of benzene rings is 1. The molecule has 150 valence electrons. The number of aliphatic hydroxyl groups excluding tert-OH is 1. The van der Waals surface area contributed by atoms with E-state index in [1.807, 2.05) is 35.2 Å². The number of aliphatic hydroxyl groups is 1. The lowest BCUT2D eigenvalue weighted by atomic mass is 9.71. The number of carboxylic acid groups (broad SMARTS) is 3. The van der Waals surface area contributed by atoms with Crippen LogP contribution in [0.2, 0.25) is 0 Å². The van der Waals surface area contributed by atoms with Crippen LogP contribution in [-0.2, 0) is 20.8 Å². The average Bonchev–Trinajstić information content (AvgIpc) is 2.62. The molecule has 2 rings (SSSR count). The maximum absolute atomic E-state index is 11.9. The number of β-amino-alcohol motifs (C(OH)–C–C–N with tert-alkyl or cyclic N) is 1. The highest BCUT2D eigenvalue weighted by Gasteiger charge is 2.48.